The Balaban J connectivity index is 2.16. The maximum absolute atomic E-state index is 10.9. The number of nitro benzene ring substituents is 1. The van der Waals surface area contributed by atoms with Crippen LogP contribution in [0.3, 0.4) is 0 Å². The lowest BCUT2D eigenvalue weighted by Crippen LogP contribution is -2.36. The monoisotopic (exact) mass is 290 g/mol. The minimum atomic E-state index is -0.297. The average Bonchev–Trinajstić information content (AvgIpc) is 2.81. The number of unbranched alkanes of at least 4 members (excludes halogenated alkanes) is 3. The number of nitro groups is 1. The van der Waals surface area contributed by atoms with Crippen LogP contribution in [0.1, 0.15) is 52.0 Å². The second kappa shape index (κ2) is 6.92. The van der Waals surface area contributed by atoms with Crippen LogP contribution in [-0.4, -0.2) is 17.5 Å². The molecule has 0 saturated carbocycles. The second-order valence-electron chi connectivity index (χ2n) is 6.34. The highest BCUT2D eigenvalue weighted by Gasteiger charge is 2.31. The fourth-order valence-corrected chi connectivity index (χ4v) is 3.23. The molecule has 1 aliphatic rings. The summed E-state index contributed by atoms with van der Waals surface area (Å²) in [7, 11) is 0. The molecule has 0 fully saturated rings. The molecule has 0 unspecified atom stereocenters. The van der Waals surface area contributed by atoms with Gasteiger partial charge in [0.15, 0.2) is 0 Å². The van der Waals surface area contributed by atoms with E-state index in [4.69, 9.17) is 0 Å². The molecule has 1 aromatic carbocycles. The number of fused-ring (bicyclic) bond motifs is 1. The van der Waals surface area contributed by atoms with Gasteiger partial charge < -0.3 is 4.90 Å². The Morgan fingerprint density at radius 1 is 1.33 bits per heavy atom. The van der Waals surface area contributed by atoms with E-state index < -0.39 is 0 Å². The second-order valence-corrected chi connectivity index (χ2v) is 6.34. The average molecular weight is 290 g/mol. The van der Waals surface area contributed by atoms with Gasteiger partial charge in [0.05, 0.1) is 4.92 Å². The summed E-state index contributed by atoms with van der Waals surface area (Å²) in [5.41, 5.74) is 2.55. The van der Waals surface area contributed by atoms with Crippen molar-refractivity contribution in [1.29, 1.82) is 0 Å². The Labute approximate surface area is 127 Å². The van der Waals surface area contributed by atoms with Crippen molar-refractivity contribution in [2.24, 2.45) is 5.92 Å². The lowest BCUT2D eigenvalue weighted by molar-refractivity contribution is -0.384. The fraction of sp³-hybridized carbons (Fsp3) is 0.647. The molecular formula is C17H26N2O2. The summed E-state index contributed by atoms with van der Waals surface area (Å²) in [6.45, 7) is 7.77. The van der Waals surface area contributed by atoms with Crippen LogP contribution in [0.25, 0.3) is 0 Å². The van der Waals surface area contributed by atoms with Gasteiger partial charge in [0.25, 0.3) is 5.69 Å². The van der Waals surface area contributed by atoms with E-state index in [0.29, 0.717) is 12.0 Å². The maximum atomic E-state index is 10.9. The summed E-state index contributed by atoms with van der Waals surface area (Å²) in [6, 6.07) is 5.82. The van der Waals surface area contributed by atoms with Crippen molar-refractivity contribution in [2.45, 2.75) is 58.9 Å². The fourth-order valence-electron chi connectivity index (χ4n) is 3.23. The van der Waals surface area contributed by atoms with Crippen molar-refractivity contribution < 1.29 is 4.92 Å². The third-order valence-corrected chi connectivity index (χ3v) is 4.43. The van der Waals surface area contributed by atoms with E-state index in [0.717, 1.165) is 18.5 Å². The van der Waals surface area contributed by atoms with Crippen molar-refractivity contribution in [1.82, 2.24) is 0 Å². The first-order chi connectivity index (χ1) is 10.0. The van der Waals surface area contributed by atoms with Crippen LogP contribution in [0, 0.1) is 16.0 Å². The molecule has 0 bridgehead atoms. The summed E-state index contributed by atoms with van der Waals surface area (Å²) < 4.78 is 0. The molecule has 1 aromatic rings. The largest absolute Gasteiger partial charge is 0.368 e. The van der Waals surface area contributed by atoms with Crippen molar-refractivity contribution in [3.63, 3.8) is 0 Å². The smallest absolute Gasteiger partial charge is 0.269 e. The Morgan fingerprint density at radius 3 is 2.71 bits per heavy atom. The number of nitrogens with zero attached hydrogens (tertiary/aromatic N) is 2. The number of hydrogen-bond acceptors (Lipinski definition) is 3. The van der Waals surface area contributed by atoms with E-state index in [-0.39, 0.29) is 10.6 Å². The molecule has 116 valence electrons. The summed E-state index contributed by atoms with van der Waals surface area (Å²) >= 11 is 0. The highest BCUT2D eigenvalue weighted by atomic mass is 16.6. The Morgan fingerprint density at radius 2 is 2.10 bits per heavy atom. The minimum absolute atomic E-state index is 0.212. The Bertz CT molecular complexity index is 500. The highest BCUT2D eigenvalue weighted by Crippen LogP contribution is 2.37. The first-order valence-electron chi connectivity index (χ1n) is 8.08. The first-order valence-corrected chi connectivity index (χ1v) is 8.08. The van der Waals surface area contributed by atoms with Crippen molar-refractivity contribution in [2.75, 3.05) is 11.4 Å². The molecular weight excluding hydrogens is 264 g/mol. The van der Waals surface area contributed by atoms with Crippen molar-refractivity contribution in [3.05, 3.63) is 33.9 Å². The van der Waals surface area contributed by atoms with E-state index in [1.807, 2.05) is 6.07 Å². The first kappa shape index (κ1) is 15.8. The lowest BCUT2D eigenvalue weighted by atomic mass is 9.99. The highest BCUT2D eigenvalue weighted by molar-refractivity contribution is 5.62. The molecule has 1 aliphatic heterocycles. The predicted molar refractivity (Wildman–Crippen MR) is 86.9 cm³/mol. The number of rotatable bonds is 7. The van der Waals surface area contributed by atoms with Gasteiger partial charge in [-0.1, -0.05) is 40.0 Å². The van der Waals surface area contributed by atoms with Gasteiger partial charge in [-0.05, 0) is 30.4 Å². The molecule has 0 amide bonds. The van der Waals surface area contributed by atoms with Crippen LogP contribution in [0.15, 0.2) is 18.2 Å². The summed E-state index contributed by atoms with van der Waals surface area (Å²) in [5, 5.41) is 10.9. The molecule has 0 N–H and O–H groups in total. The topological polar surface area (TPSA) is 46.4 Å². The van der Waals surface area contributed by atoms with E-state index in [1.165, 1.54) is 31.4 Å². The van der Waals surface area contributed by atoms with Crippen LogP contribution in [0.4, 0.5) is 11.4 Å². The molecule has 21 heavy (non-hydrogen) atoms. The summed E-state index contributed by atoms with van der Waals surface area (Å²) in [4.78, 5) is 13.1. The van der Waals surface area contributed by atoms with Gasteiger partial charge in [-0.3, -0.25) is 10.1 Å². The van der Waals surface area contributed by atoms with E-state index >= 15 is 0 Å². The Hall–Kier alpha value is -1.58. The van der Waals surface area contributed by atoms with Crippen molar-refractivity contribution >= 4 is 11.4 Å². The lowest BCUT2D eigenvalue weighted by Gasteiger charge is -2.30. The standard InChI is InChI=1S/C17H26N2O2/c1-4-5-6-7-10-18-16-9-8-15(19(20)21)11-14(16)12-17(18)13(2)3/h8-9,11,13,17H,4-7,10,12H2,1-3H3/t17-/m0/s1. The quantitative estimate of drug-likeness (QED) is 0.420. The SMILES string of the molecule is CCCCCCN1c2ccc([N+](=O)[O-])cc2C[C@H]1C(C)C. The third-order valence-electron chi connectivity index (χ3n) is 4.43. The number of non-ortho nitro benzene ring substituents is 1. The number of hydrogen-bond donors (Lipinski definition) is 0. The minimum Gasteiger partial charge on any atom is -0.368 e. The van der Waals surface area contributed by atoms with Gasteiger partial charge in [-0.15, -0.1) is 0 Å². The zero-order chi connectivity index (χ0) is 15.4. The number of anilines is 1. The summed E-state index contributed by atoms with van der Waals surface area (Å²) in [6.07, 6.45) is 5.93. The van der Waals surface area contributed by atoms with E-state index in [1.54, 1.807) is 12.1 Å². The molecule has 4 nitrogen and oxygen atoms in total. The normalized spacial score (nSPS) is 17.3. The third kappa shape index (κ3) is 3.55. The predicted octanol–water partition coefficient (Wildman–Crippen LogP) is 4.56. The van der Waals surface area contributed by atoms with Crippen LogP contribution in [0.2, 0.25) is 0 Å². The molecule has 0 aromatic heterocycles. The van der Waals surface area contributed by atoms with Gasteiger partial charge in [0, 0.05) is 30.4 Å². The van der Waals surface area contributed by atoms with Crippen LogP contribution < -0.4 is 4.90 Å². The molecule has 0 aliphatic carbocycles. The zero-order valence-corrected chi connectivity index (χ0v) is 13.3. The molecule has 1 heterocycles. The molecule has 0 radical (unpaired) electrons. The van der Waals surface area contributed by atoms with Crippen molar-refractivity contribution in [3.8, 4) is 0 Å². The van der Waals surface area contributed by atoms with Crippen LogP contribution in [0.5, 0.6) is 0 Å². The van der Waals surface area contributed by atoms with Gasteiger partial charge >= 0.3 is 0 Å². The number of benzene rings is 1. The van der Waals surface area contributed by atoms with E-state index in [2.05, 4.69) is 25.7 Å². The van der Waals surface area contributed by atoms with Gasteiger partial charge in [0.2, 0.25) is 0 Å². The molecule has 2 rings (SSSR count). The van der Waals surface area contributed by atoms with Gasteiger partial charge in [0.1, 0.15) is 0 Å². The Kier molecular flexibility index (Phi) is 5.21. The molecule has 1 atom stereocenters. The molecule has 4 heteroatoms. The molecule has 0 spiro atoms. The molecule has 0 saturated heterocycles. The maximum Gasteiger partial charge on any atom is 0.269 e. The van der Waals surface area contributed by atoms with Crippen LogP contribution in [-0.2, 0) is 6.42 Å². The zero-order valence-electron chi connectivity index (χ0n) is 13.3. The van der Waals surface area contributed by atoms with Gasteiger partial charge in [-0.2, -0.15) is 0 Å². The summed E-state index contributed by atoms with van der Waals surface area (Å²) in [5.74, 6) is 0.558. The van der Waals surface area contributed by atoms with Crippen LogP contribution >= 0.6 is 0 Å². The van der Waals surface area contributed by atoms with E-state index in [9.17, 15) is 10.1 Å². The van der Waals surface area contributed by atoms with Gasteiger partial charge in [-0.25, -0.2) is 0 Å².